The van der Waals surface area contributed by atoms with E-state index in [1.165, 1.54) is 12.2 Å². The molecule has 6 nitrogen and oxygen atoms in total. The minimum absolute atomic E-state index is 0.269. The van der Waals surface area contributed by atoms with Crippen LogP contribution in [0.3, 0.4) is 0 Å². The summed E-state index contributed by atoms with van der Waals surface area (Å²) in [6, 6.07) is 14.3. The van der Waals surface area contributed by atoms with Crippen LogP contribution in [0.15, 0.2) is 60.7 Å². The number of rotatable bonds is 10. The second-order valence-electron chi connectivity index (χ2n) is 6.38. The van der Waals surface area contributed by atoms with Gasteiger partial charge in [-0.2, -0.15) is 0 Å². The first kappa shape index (κ1) is 21.0. The van der Waals surface area contributed by atoms with Crippen LogP contribution in [0.1, 0.15) is 11.1 Å². The van der Waals surface area contributed by atoms with Crippen molar-refractivity contribution in [1.29, 1.82) is 0 Å². The van der Waals surface area contributed by atoms with Crippen molar-refractivity contribution < 1.29 is 29.3 Å². The van der Waals surface area contributed by atoms with Gasteiger partial charge in [-0.15, -0.1) is 0 Å². The Hall–Kier alpha value is -3.28. The molecule has 6 heteroatoms. The molecule has 0 aliphatic heterocycles. The molecule has 0 aliphatic carbocycles. The van der Waals surface area contributed by atoms with Crippen LogP contribution in [-0.4, -0.2) is 36.4 Å². The number of hydrogen-bond donors (Lipinski definition) is 2. The van der Waals surface area contributed by atoms with E-state index >= 15 is 0 Å². The Labute approximate surface area is 164 Å². The van der Waals surface area contributed by atoms with Crippen LogP contribution in [-0.2, 0) is 22.4 Å². The normalized spacial score (nSPS) is 13.1. The van der Waals surface area contributed by atoms with E-state index in [-0.39, 0.29) is 12.8 Å². The summed E-state index contributed by atoms with van der Waals surface area (Å²) in [4.78, 5) is 23.2. The predicted octanol–water partition coefficient (Wildman–Crippen LogP) is 3.45. The van der Waals surface area contributed by atoms with E-state index in [0.717, 1.165) is 11.1 Å². The van der Waals surface area contributed by atoms with Gasteiger partial charge in [-0.05, 0) is 48.2 Å². The Balaban J connectivity index is 2.09. The number of carboxylic acid groups (broad SMARTS) is 2. The first-order chi connectivity index (χ1) is 13.4. The van der Waals surface area contributed by atoms with Gasteiger partial charge in [0, 0.05) is 0 Å². The van der Waals surface area contributed by atoms with Crippen molar-refractivity contribution in [2.75, 3.05) is 14.2 Å². The molecule has 0 fully saturated rings. The molecule has 0 spiro atoms. The van der Waals surface area contributed by atoms with Crippen LogP contribution < -0.4 is 9.47 Å². The molecule has 2 rings (SSSR count). The van der Waals surface area contributed by atoms with Gasteiger partial charge in [-0.3, -0.25) is 9.59 Å². The second kappa shape index (κ2) is 10.2. The molecule has 2 atom stereocenters. The summed E-state index contributed by atoms with van der Waals surface area (Å²) in [6.07, 6.45) is 3.47. The highest BCUT2D eigenvalue weighted by atomic mass is 16.5. The molecular weight excluding hydrogens is 360 g/mol. The Bertz CT molecular complexity index is 738. The van der Waals surface area contributed by atoms with Crippen molar-refractivity contribution in [2.24, 2.45) is 11.8 Å². The molecule has 2 aromatic carbocycles. The summed E-state index contributed by atoms with van der Waals surface area (Å²) in [5.74, 6) is -2.24. The van der Waals surface area contributed by atoms with E-state index in [1.54, 1.807) is 62.8 Å². The van der Waals surface area contributed by atoms with Gasteiger partial charge < -0.3 is 19.7 Å². The maximum absolute atomic E-state index is 11.6. The molecule has 2 unspecified atom stereocenters. The zero-order valence-electron chi connectivity index (χ0n) is 15.9. The van der Waals surface area contributed by atoms with Gasteiger partial charge in [-0.25, -0.2) is 0 Å². The Kier molecular flexibility index (Phi) is 7.63. The summed E-state index contributed by atoms with van der Waals surface area (Å²) in [6.45, 7) is 0. The van der Waals surface area contributed by atoms with Gasteiger partial charge >= 0.3 is 11.9 Å². The minimum Gasteiger partial charge on any atom is -0.497 e. The molecule has 148 valence electrons. The second-order valence-corrected chi connectivity index (χ2v) is 6.38. The molecule has 2 aromatic rings. The summed E-state index contributed by atoms with van der Waals surface area (Å²) in [5, 5.41) is 19.0. The number of carbonyl (C=O) groups is 2. The number of aliphatic carboxylic acids is 2. The fourth-order valence-corrected chi connectivity index (χ4v) is 2.77. The molecule has 0 saturated heterocycles. The van der Waals surface area contributed by atoms with E-state index in [1.807, 2.05) is 0 Å². The van der Waals surface area contributed by atoms with Crippen molar-refractivity contribution in [2.45, 2.75) is 12.8 Å². The topological polar surface area (TPSA) is 93.1 Å². The van der Waals surface area contributed by atoms with Crippen LogP contribution >= 0.6 is 0 Å². The van der Waals surface area contributed by atoms with E-state index in [4.69, 9.17) is 9.47 Å². The summed E-state index contributed by atoms with van der Waals surface area (Å²) in [7, 11) is 3.12. The third kappa shape index (κ3) is 6.16. The Morgan fingerprint density at radius 1 is 0.750 bits per heavy atom. The van der Waals surface area contributed by atoms with Crippen molar-refractivity contribution in [3.05, 3.63) is 71.8 Å². The molecule has 0 saturated carbocycles. The third-order valence-corrected chi connectivity index (χ3v) is 4.44. The lowest BCUT2D eigenvalue weighted by Gasteiger charge is -2.12. The van der Waals surface area contributed by atoms with Gasteiger partial charge in [0.15, 0.2) is 0 Å². The molecule has 0 amide bonds. The van der Waals surface area contributed by atoms with Gasteiger partial charge in [0.2, 0.25) is 0 Å². The van der Waals surface area contributed by atoms with Crippen LogP contribution in [0.25, 0.3) is 0 Å². The van der Waals surface area contributed by atoms with Crippen molar-refractivity contribution in [1.82, 2.24) is 0 Å². The maximum Gasteiger partial charge on any atom is 0.310 e. The number of ether oxygens (including phenoxy) is 2. The fourth-order valence-electron chi connectivity index (χ4n) is 2.77. The standard InChI is InChI=1S/C22H24O6/c1-27-19-9-3-15(4-10-19)13-17(21(23)24)7-8-18(22(25)26)14-16-5-11-20(28-2)12-6-16/h3-12,17-18H,13-14H2,1-2H3,(H,23,24)(H,25,26). The zero-order chi connectivity index (χ0) is 20.5. The number of benzene rings is 2. The van der Waals surface area contributed by atoms with Crippen LogP contribution in [0, 0.1) is 11.8 Å². The molecule has 0 aliphatic rings. The molecule has 0 heterocycles. The van der Waals surface area contributed by atoms with Crippen molar-refractivity contribution >= 4 is 11.9 Å². The Morgan fingerprint density at radius 2 is 1.07 bits per heavy atom. The SMILES string of the molecule is COc1ccc(CC(C=CC(Cc2ccc(OC)cc2)C(=O)O)C(=O)O)cc1. The van der Waals surface area contributed by atoms with Crippen LogP contribution in [0.5, 0.6) is 11.5 Å². The first-order valence-corrected chi connectivity index (χ1v) is 8.82. The van der Waals surface area contributed by atoms with Gasteiger partial charge in [0.05, 0.1) is 26.1 Å². The molecule has 0 radical (unpaired) electrons. The predicted molar refractivity (Wildman–Crippen MR) is 105 cm³/mol. The van der Waals surface area contributed by atoms with E-state index in [2.05, 4.69) is 0 Å². The van der Waals surface area contributed by atoms with E-state index in [0.29, 0.717) is 11.5 Å². The quantitative estimate of drug-likeness (QED) is 0.610. The van der Waals surface area contributed by atoms with Gasteiger partial charge in [-0.1, -0.05) is 36.4 Å². The number of carboxylic acids is 2. The average molecular weight is 384 g/mol. The highest BCUT2D eigenvalue weighted by molar-refractivity contribution is 5.75. The smallest absolute Gasteiger partial charge is 0.310 e. The van der Waals surface area contributed by atoms with Crippen LogP contribution in [0.4, 0.5) is 0 Å². The summed E-state index contributed by atoms with van der Waals surface area (Å²) >= 11 is 0. The largest absolute Gasteiger partial charge is 0.497 e. The van der Waals surface area contributed by atoms with Crippen LogP contribution in [0.2, 0.25) is 0 Å². The molecule has 0 bridgehead atoms. The van der Waals surface area contributed by atoms with E-state index in [9.17, 15) is 19.8 Å². The Morgan fingerprint density at radius 3 is 1.32 bits per heavy atom. The lowest BCUT2D eigenvalue weighted by molar-refractivity contribution is -0.141. The maximum atomic E-state index is 11.6. The third-order valence-electron chi connectivity index (χ3n) is 4.44. The zero-order valence-corrected chi connectivity index (χ0v) is 15.9. The van der Waals surface area contributed by atoms with Crippen molar-refractivity contribution in [3.8, 4) is 11.5 Å². The molecule has 28 heavy (non-hydrogen) atoms. The van der Waals surface area contributed by atoms with Crippen molar-refractivity contribution in [3.63, 3.8) is 0 Å². The fraction of sp³-hybridized carbons (Fsp3) is 0.273. The minimum atomic E-state index is -0.999. The summed E-state index contributed by atoms with van der Waals surface area (Å²) < 4.78 is 10.2. The van der Waals surface area contributed by atoms with Gasteiger partial charge in [0.25, 0.3) is 0 Å². The monoisotopic (exact) mass is 384 g/mol. The lowest BCUT2D eigenvalue weighted by atomic mass is 9.94. The van der Waals surface area contributed by atoms with Gasteiger partial charge in [0.1, 0.15) is 11.5 Å². The van der Waals surface area contributed by atoms with E-state index < -0.39 is 23.8 Å². The number of hydrogen-bond acceptors (Lipinski definition) is 4. The molecule has 0 aromatic heterocycles. The molecular formula is C22H24O6. The average Bonchev–Trinajstić information content (AvgIpc) is 2.70. The lowest BCUT2D eigenvalue weighted by Crippen LogP contribution is -2.17. The first-order valence-electron chi connectivity index (χ1n) is 8.82. The highest BCUT2D eigenvalue weighted by Crippen LogP contribution is 2.19. The number of methoxy groups -OCH3 is 2. The molecule has 2 N–H and O–H groups in total. The summed E-state index contributed by atoms with van der Waals surface area (Å²) in [5.41, 5.74) is 1.67. The highest BCUT2D eigenvalue weighted by Gasteiger charge is 2.19.